The van der Waals surface area contributed by atoms with Gasteiger partial charge in [0.25, 0.3) is 0 Å². The second-order valence-electron chi connectivity index (χ2n) is 1.47. The Labute approximate surface area is 79.7 Å². The van der Waals surface area contributed by atoms with E-state index in [4.69, 9.17) is 0 Å². The average molecular weight is 116 g/mol. The average Bonchev–Trinajstić information content (AvgIpc) is 1.27. The summed E-state index contributed by atoms with van der Waals surface area (Å²) in [6, 6.07) is 0. The molecule has 0 bridgehead atoms. The molecule has 0 aliphatic carbocycles. The molecule has 0 fully saturated rings. The van der Waals surface area contributed by atoms with Crippen molar-refractivity contribution in [2.75, 3.05) is 0 Å². The summed E-state index contributed by atoms with van der Waals surface area (Å²) in [5.41, 5.74) is 0. The third-order valence-electron chi connectivity index (χ3n) is 0.383. The Morgan fingerprint density at radius 3 is 1.56 bits per heavy atom. The maximum absolute atomic E-state index is 9.56. The van der Waals surface area contributed by atoms with Crippen LogP contribution in [0.2, 0.25) is 0 Å². The van der Waals surface area contributed by atoms with Crippen LogP contribution in [0, 0.1) is 0 Å². The summed E-state index contributed by atoms with van der Waals surface area (Å²) < 4.78 is 4.14. The van der Waals surface area contributed by atoms with Crippen LogP contribution in [0.3, 0.4) is 0 Å². The molecule has 6 heteroatoms. The Morgan fingerprint density at radius 1 is 1.22 bits per heavy atom. The molecule has 0 aromatic carbocycles. The van der Waals surface area contributed by atoms with Gasteiger partial charge in [0.05, 0.1) is 7.32 Å². The molecule has 0 saturated heterocycles. The predicted molar refractivity (Wildman–Crippen MR) is 22.0 cm³/mol. The molecule has 0 N–H and O–H groups in total. The van der Waals surface area contributed by atoms with E-state index < -0.39 is 7.32 Å². The summed E-state index contributed by atoms with van der Waals surface area (Å²) >= 11 is 0. The molecule has 0 unspecified atom stereocenters. The minimum atomic E-state index is -2.13. The molecule has 0 radical (unpaired) electrons. The number of hydrogen-bond acceptors (Lipinski definition) is 3. The molecule has 0 rings (SSSR count). The maximum Gasteiger partial charge on any atom is 1.00 e. The first-order valence-electron chi connectivity index (χ1n) is 2.10. The molecule has 0 aliphatic rings. The molecule has 9 heavy (non-hydrogen) atoms. The van der Waals surface area contributed by atoms with Crippen molar-refractivity contribution < 1.29 is 52.4 Å². The Kier molecular flexibility index (Phi) is 16.9. The number of hydrogen-bond donors (Lipinski definition) is 0. The van der Waals surface area contributed by atoms with Crippen molar-refractivity contribution in [3.63, 3.8) is 0 Å². The minimum absolute atomic E-state index is 0. The van der Waals surface area contributed by atoms with E-state index in [9.17, 15) is 10.0 Å². The zero-order chi connectivity index (χ0) is 5.86. The van der Waals surface area contributed by atoms with Crippen molar-refractivity contribution in [1.29, 1.82) is 0 Å². The van der Waals surface area contributed by atoms with Gasteiger partial charge in [-0.3, -0.25) is 0 Å². The molecule has 3 nitrogen and oxygen atoms in total. The van der Waals surface area contributed by atoms with Gasteiger partial charge in [0.1, 0.15) is 0 Å². The largest absolute Gasteiger partial charge is 1.00 e. The van der Waals surface area contributed by atoms with Crippen molar-refractivity contribution in [3.05, 3.63) is 0 Å². The Bertz CT molecular complexity index is 46.3. The third-order valence-corrected chi connectivity index (χ3v) is 0.383. The Morgan fingerprint density at radius 2 is 1.56 bits per heavy atom. The fourth-order valence-electron chi connectivity index (χ4n) is 0.222. The van der Waals surface area contributed by atoms with Crippen molar-refractivity contribution in [2.24, 2.45) is 0 Å². The topological polar surface area (TPSA) is 55.3 Å². The molecule has 42 valence electrons. The van der Waals surface area contributed by atoms with Crippen LogP contribution in [-0.2, 0) is 4.65 Å². The molecule has 0 aromatic heterocycles. The summed E-state index contributed by atoms with van der Waals surface area (Å²) in [7, 11) is -2.13. The minimum Gasteiger partial charge on any atom is -0.871 e. The van der Waals surface area contributed by atoms with Gasteiger partial charge < -0.3 is 14.7 Å². The van der Waals surface area contributed by atoms with Crippen molar-refractivity contribution >= 4 is 7.32 Å². The molecule has 0 saturated carbocycles. The van der Waals surface area contributed by atoms with Gasteiger partial charge in [0, 0.05) is 6.10 Å². The Balaban J connectivity index is -0.000000180. The summed E-state index contributed by atoms with van der Waals surface area (Å²) in [6.07, 6.45) is -0.250. The zero-order valence-corrected chi connectivity index (χ0v) is 6.38. The molecular weight excluding hydrogens is 109 g/mol. The van der Waals surface area contributed by atoms with Crippen LogP contribution in [0.1, 0.15) is 13.8 Å². The standard InChI is InChI=1S/C3H7BO3.2Li/c1-3(2)7-4(5)6;;/h3H,1-2H3;;/q-2;2*+1. The van der Waals surface area contributed by atoms with Crippen LogP contribution >= 0.6 is 0 Å². The van der Waals surface area contributed by atoms with Crippen molar-refractivity contribution in [2.45, 2.75) is 20.0 Å². The fraction of sp³-hybridized carbons (Fsp3) is 1.00. The smallest absolute Gasteiger partial charge is 0.871 e. The summed E-state index contributed by atoms with van der Waals surface area (Å²) in [5, 5.41) is 19.1. The second kappa shape index (κ2) is 9.14. The summed E-state index contributed by atoms with van der Waals surface area (Å²) in [6.45, 7) is 3.28. The van der Waals surface area contributed by atoms with Gasteiger partial charge in [-0.2, -0.15) is 0 Å². The summed E-state index contributed by atoms with van der Waals surface area (Å²) in [4.78, 5) is 0. The molecule has 0 amide bonds. The molecule has 0 heterocycles. The normalized spacial score (nSPS) is 7.67. The second-order valence-corrected chi connectivity index (χ2v) is 1.47. The van der Waals surface area contributed by atoms with Gasteiger partial charge in [-0.15, -0.1) is 0 Å². The van der Waals surface area contributed by atoms with E-state index in [0.29, 0.717) is 0 Å². The van der Waals surface area contributed by atoms with Gasteiger partial charge in [-0.05, 0) is 13.8 Å². The van der Waals surface area contributed by atoms with E-state index in [-0.39, 0.29) is 43.8 Å². The zero-order valence-electron chi connectivity index (χ0n) is 6.38. The predicted octanol–water partition coefficient (Wildman–Crippen LogP) is -7.88. The van der Waals surface area contributed by atoms with Gasteiger partial charge in [0.2, 0.25) is 0 Å². The molecule has 0 atom stereocenters. The monoisotopic (exact) mass is 116 g/mol. The molecular formula is C3H7BLi2O3. The van der Waals surface area contributed by atoms with Gasteiger partial charge >= 0.3 is 37.7 Å². The van der Waals surface area contributed by atoms with Crippen LogP contribution in [0.25, 0.3) is 0 Å². The van der Waals surface area contributed by atoms with E-state index in [0.717, 1.165) is 0 Å². The first kappa shape index (κ1) is 16.6. The number of rotatable bonds is 2. The molecule has 0 aromatic rings. The van der Waals surface area contributed by atoms with E-state index in [2.05, 4.69) is 4.65 Å². The van der Waals surface area contributed by atoms with E-state index in [1.54, 1.807) is 13.8 Å². The third kappa shape index (κ3) is 17.6. The van der Waals surface area contributed by atoms with Crippen molar-refractivity contribution in [3.8, 4) is 0 Å². The van der Waals surface area contributed by atoms with Crippen LogP contribution in [0.4, 0.5) is 0 Å². The van der Waals surface area contributed by atoms with Crippen LogP contribution in [-0.4, -0.2) is 13.4 Å². The van der Waals surface area contributed by atoms with Crippen LogP contribution < -0.4 is 47.8 Å². The quantitative estimate of drug-likeness (QED) is 0.336. The van der Waals surface area contributed by atoms with E-state index >= 15 is 0 Å². The summed E-state index contributed by atoms with van der Waals surface area (Å²) in [5.74, 6) is 0. The fourth-order valence-corrected chi connectivity index (χ4v) is 0.222. The first-order valence-corrected chi connectivity index (χ1v) is 2.10. The van der Waals surface area contributed by atoms with E-state index in [1.165, 1.54) is 0 Å². The van der Waals surface area contributed by atoms with Crippen LogP contribution in [0.5, 0.6) is 0 Å². The van der Waals surface area contributed by atoms with Gasteiger partial charge in [-0.1, -0.05) is 0 Å². The molecule has 0 spiro atoms. The van der Waals surface area contributed by atoms with Crippen molar-refractivity contribution in [1.82, 2.24) is 0 Å². The van der Waals surface area contributed by atoms with E-state index in [1.807, 2.05) is 0 Å². The van der Waals surface area contributed by atoms with Gasteiger partial charge in [0.15, 0.2) is 0 Å². The SMILES string of the molecule is CC(C)OB([O-])[O-].[Li+].[Li+]. The molecule has 0 aliphatic heterocycles. The first-order chi connectivity index (χ1) is 3.13. The van der Waals surface area contributed by atoms with Crippen LogP contribution in [0.15, 0.2) is 0 Å². The Hall–Kier alpha value is 1.14. The van der Waals surface area contributed by atoms with Gasteiger partial charge in [-0.25, -0.2) is 0 Å². The maximum atomic E-state index is 9.56.